The highest BCUT2D eigenvalue weighted by atomic mass is 16.2. The van der Waals surface area contributed by atoms with E-state index in [4.69, 9.17) is 0 Å². The Labute approximate surface area is 268 Å². The van der Waals surface area contributed by atoms with Crippen LogP contribution in [0, 0.1) is 5.92 Å². The number of rotatable bonds is 12. The molecule has 0 radical (unpaired) electrons. The van der Waals surface area contributed by atoms with Crippen molar-refractivity contribution in [2.24, 2.45) is 5.92 Å². The zero-order valence-corrected chi connectivity index (χ0v) is 27.8. The lowest BCUT2D eigenvalue weighted by atomic mass is 9.86. The molecule has 1 aromatic heterocycles. The molecule has 3 amide bonds. The lowest BCUT2D eigenvalue weighted by Crippen LogP contribution is -2.55. The van der Waals surface area contributed by atoms with Crippen LogP contribution in [-0.2, 0) is 20.8 Å². The molecule has 1 aliphatic heterocycles. The number of carbonyl (C=O) groups is 4. The monoisotopic (exact) mass is 620 g/mol. The Hall–Kier alpha value is -3.53. The third-order valence-electron chi connectivity index (χ3n) is 9.50. The average molecular weight is 621 g/mol. The van der Waals surface area contributed by atoms with E-state index in [0.717, 1.165) is 62.7 Å². The van der Waals surface area contributed by atoms with Gasteiger partial charge in [-0.05, 0) is 56.8 Å². The van der Waals surface area contributed by atoms with Crippen LogP contribution in [0.4, 0.5) is 0 Å². The van der Waals surface area contributed by atoms with E-state index in [9.17, 15) is 19.2 Å². The predicted octanol–water partition coefficient (Wildman–Crippen LogP) is 4.12. The van der Waals surface area contributed by atoms with Gasteiger partial charge >= 0.3 is 0 Å². The summed E-state index contributed by atoms with van der Waals surface area (Å²) in [6.07, 6.45) is 8.40. The van der Waals surface area contributed by atoms with Crippen molar-refractivity contribution in [3.8, 4) is 0 Å². The van der Waals surface area contributed by atoms with Gasteiger partial charge in [0.1, 0.15) is 11.7 Å². The fraction of sp³-hybridized carbons (Fsp3) is 0.629. The second-order valence-electron chi connectivity index (χ2n) is 13.2. The molecule has 1 aromatic carbocycles. The average Bonchev–Trinajstić information content (AvgIpc) is 3.39. The van der Waals surface area contributed by atoms with Gasteiger partial charge in [-0.2, -0.15) is 5.10 Å². The number of ketones is 1. The number of amides is 3. The molecule has 0 unspecified atom stereocenters. The summed E-state index contributed by atoms with van der Waals surface area (Å²) in [6.45, 7) is 10.6. The van der Waals surface area contributed by atoms with Crippen LogP contribution in [0.5, 0.6) is 0 Å². The molecule has 0 spiro atoms. The van der Waals surface area contributed by atoms with Gasteiger partial charge in [-0.15, -0.1) is 0 Å². The van der Waals surface area contributed by atoms with Gasteiger partial charge in [-0.1, -0.05) is 63.8 Å². The number of aromatic nitrogens is 2. The smallest absolute Gasteiger partial charge is 0.270 e. The summed E-state index contributed by atoms with van der Waals surface area (Å²) in [5.41, 5.74) is 2.24. The second-order valence-corrected chi connectivity index (χ2v) is 13.2. The van der Waals surface area contributed by atoms with Crippen LogP contribution in [0.15, 0.2) is 36.5 Å². The van der Waals surface area contributed by atoms with Crippen LogP contribution in [-0.4, -0.2) is 88.4 Å². The first-order valence-electron chi connectivity index (χ1n) is 16.8. The van der Waals surface area contributed by atoms with E-state index in [-0.39, 0.29) is 47.8 Å². The second kappa shape index (κ2) is 16.2. The fourth-order valence-corrected chi connectivity index (χ4v) is 6.57. The largest absolute Gasteiger partial charge is 0.344 e. The van der Waals surface area contributed by atoms with E-state index in [0.29, 0.717) is 25.2 Å². The molecule has 2 N–H and O–H groups in total. The third-order valence-corrected chi connectivity index (χ3v) is 9.50. The molecule has 246 valence electrons. The molecule has 45 heavy (non-hydrogen) atoms. The summed E-state index contributed by atoms with van der Waals surface area (Å²) in [5, 5.41) is 10.4. The summed E-state index contributed by atoms with van der Waals surface area (Å²) < 4.78 is 1.69. The minimum Gasteiger partial charge on any atom is -0.344 e. The molecule has 2 aliphatic rings. The number of benzene rings is 1. The Balaban J connectivity index is 1.49. The van der Waals surface area contributed by atoms with Gasteiger partial charge in [0.05, 0.1) is 6.04 Å². The van der Waals surface area contributed by atoms with Crippen LogP contribution >= 0.6 is 0 Å². The summed E-state index contributed by atoms with van der Waals surface area (Å²) in [7, 11) is 2.04. The lowest BCUT2D eigenvalue weighted by molar-refractivity contribution is -0.138. The molecule has 3 atom stereocenters. The maximum atomic E-state index is 13.9. The zero-order chi connectivity index (χ0) is 32.5. The molecule has 0 bridgehead atoms. The number of Topliss-reactive ketones (excluding diaryl/α,β-unsaturated/α-hetero) is 1. The van der Waals surface area contributed by atoms with Crippen LogP contribution in [0.1, 0.15) is 106 Å². The SMILES string of the molecule is CCC(=O)N[C@@H](C(=O)N1CCN(C)CC1)[C@@H](C)c1ccc(CC(=O)[C@@H](NC(=O)c2ccnn2C(C)C)C2CCCCCC2)cc1. The van der Waals surface area contributed by atoms with E-state index in [1.807, 2.05) is 57.0 Å². The van der Waals surface area contributed by atoms with Crippen LogP contribution in [0.25, 0.3) is 0 Å². The fourth-order valence-electron chi connectivity index (χ4n) is 6.57. The first-order valence-corrected chi connectivity index (χ1v) is 16.8. The molecule has 4 rings (SSSR count). The summed E-state index contributed by atoms with van der Waals surface area (Å²) in [6, 6.07) is 8.27. The topological polar surface area (TPSA) is 117 Å². The Morgan fingerprint density at radius 3 is 2.13 bits per heavy atom. The Morgan fingerprint density at radius 1 is 0.889 bits per heavy atom. The standard InChI is InChI=1S/C35H52N6O4/c1-6-31(43)37-32(35(45)40-21-19-39(5)20-22-40)25(4)27-15-13-26(14-16-27)23-30(42)33(28-11-9-7-8-10-12-28)38-34(44)29-17-18-36-41(29)24(2)3/h13-18,24-25,28,32-33H,6-12,19-23H2,1-5H3,(H,37,43)(H,38,44)/t25-,32+,33-/m0/s1. The third kappa shape index (κ3) is 9.02. The van der Waals surface area contributed by atoms with Crippen molar-refractivity contribution in [2.45, 2.75) is 103 Å². The number of hydrogen-bond acceptors (Lipinski definition) is 6. The highest BCUT2D eigenvalue weighted by Gasteiger charge is 2.34. The number of nitrogens with zero attached hydrogens (tertiary/aromatic N) is 4. The first-order chi connectivity index (χ1) is 21.6. The normalized spacial score (nSPS) is 18.6. The van der Waals surface area contributed by atoms with Gasteiger partial charge in [0, 0.05) is 57.2 Å². The number of carbonyl (C=O) groups excluding carboxylic acids is 4. The summed E-state index contributed by atoms with van der Waals surface area (Å²) in [4.78, 5) is 57.3. The predicted molar refractivity (Wildman–Crippen MR) is 175 cm³/mol. The van der Waals surface area contributed by atoms with Crippen molar-refractivity contribution in [1.82, 2.24) is 30.2 Å². The van der Waals surface area contributed by atoms with Crippen molar-refractivity contribution in [3.05, 3.63) is 53.3 Å². The highest BCUT2D eigenvalue weighted by molar-refractivity contribution is 5.97. The maximum absolute atomic E-state index is 13.9. The number of nitrogens with one attached hydrogen (secondary N) is 2. The molecule has 1 aliphatic carbocycles. The lowest BCUT2D eigenvalue weighted by Gasteiger charge is -2.36. The van der Waals surface area contributed by atoms with Gasteiger partial charge in [0.25, 0.3) is 5.91 Å². The summed E-state index contributed by atoms with van der Waals surface area (Å²) >= 11 is 0. The molecular weight excluding hydrogens is 568 g/mol. The molecule has 10 nitrogen and oxygen atoms in total. The maximum Gasteiger partial charge on any atom is 0.270 e. The van der Waals surface area contributed by atoms with E-state index >= 15 is 0 Å². The van der Waals surface area contributed by atoms with Gasteiger partial charge < -0.3 is 20.4 Å². The van der Waals surface area contributed by atoms with E-state index in [2.05, 4.69) is 20.6 Å². The van der Waals surface area contributed by atoms with Crippen molar-refractivity contribution >= 4 is 23.5 Å². The van der Waals surface area contributed by atoms with Crippen LogP contribution < -0.4 is 10.6 Å². The highest BCUT2D eigenvalue weighted by Crippen LogP contribution is 2.28. The van der Waals surface area contributed by atoms with Gasteiger partial charge in [-0.3, -0.25) is 23.9 Å². The summed E-state index contributed by atoms with van der Waals surface area (Å²) in [5.74, 6) is -0.622. The van der Waals surface area contributed by atoms with Gasteiger partial charge in [0.2, 0.25) is 11.8 Å². The number of hydrogen-bond donors (Lipinski definition) is 2. The van der Waals surface area contributed by atoms with E-state index in [1.165, 1.54) is 0 Å². The van der Waals surface area contributed by atoms with Crippen molar-refractivity contribution in [3.63, 3.8) is 0 Å². The molecule has 2 fully saturated rings. The van der Waals surface area contributed by atoms with E-state index in [1.54, 1.807) is 23.9 Å². The molecule has 2 heterocycles. The molecule has 1 saturated carbocycles. The minimum atomic E-state index is -0.664. The Kier molecular flexibility index (Phi) is 12.3. The molecule has 2 aromatic rings. The number of likely N-dealkylation sites (N-methyl/N-ethyl adjacent to an activating group) is 1. The molecular formula is C35H52N6O4. The van der Waals surface area contributed by atoms with Crippen LogP contribution in [0.3, 0.4) is 0 Å². The number of piperazine rings is 1. The molecule has 1 saturated heterocycles. The van der Waals surface area contributed by atoms with Gasteiger partial charge in [0.15, 0.2) is 5.78 Å². The first kappa shape index (κ1) is 34.3. The van der Waals surface area contributed by atoms with Crippen molar-refractivity contribution in [2.75, 3.05) is 33.2 Å². The van der Waals surface area contributed by atoms with Crippen molar-refractivity contribution in [1.29, 1.82) is 0 Å². The van der Waals surface area contributed by atoms with Gasteiger partial charge in [-0.25, -0.2) is 0 Å². The van der Waals surface area contributed by atoms with Crippen molar-refractivity contribution < 1.29 is 19.2 Å². The van der Waals surface area contributed by atoms with E-state index < -0.39 is 12.1 Å². The molecule has 10 heteroatoms. The minimum absolute atomic E-state index is 0.00462. The Morgan fingerprint density at radius 2 is 1.53 bits per heavy atom. The zero-order valence-electron chi connectivity index (χ0n) is 27.8. The van der Waals surface area contributed by atoms with Crippen LogP contribution in [0.2, 0.25) is 0 Å². The Bertz CT molecular complexity index is 1290. The quantitative estimate of drug-likeness (QED) is 0.345.